The zero-order valence-corrected chi connectivity index (χ0v) is 33.9. The van der Waals surface area contributed by atoms with Crippen molar-refractivity contribution in [3.8, 4) is 0 Å². The molecule has 0 radical (unpaired) electrons. The highest BCUT2D eigenvalue weighted by Crippen LogP contribution is 2.03. The number of halogens is 6. The van der Waals surface area contributed by atoms with E-state index in [1.807, 2.05) is 18.2 Å². The third-order valence-corrected chi connectivity index (χ3v) is 5.69. The fourth-order valence-corrected chi connectivity index (χ4v) is 3.13. The molecule has 0 fully saturated rings. The van der Waals surface area contributed by atoms with Gasteiger partial charge in [-0.2, -0.15) is 0 Å². The number of alkyl halides is 2. The van der Waals surface area contributed by atoms with Gasteiger partial charge >= 0.3 is 11.9 Å². The summed E-state index contributed by atoms with van der Waals surface area (Å²) >= 11 is 29.7. The van der Waals surface area contributed by atoms with Crippen LogP contribution >= 0.6 is 69.6 Å². The van der Waals surface area contributed by atoms with Crippen molar-refractivity contribution in [3.63, 3.8) is 0 Å². The van der Waals surface area contributed by atoms with Gasteiger partial charge in [0.1, 0.15) is 13.2 Å². The highest BCUT2D eigenvalue weighted by atomic mass is 35.5. The molecule has 0 bridgehead atoms. The first kappa shape index (κ1) is 54.7. The highest BCUT2D eigenvalue weighted by molar-refractivity contribution is 6.68. The molecule has 284 valence electrons. The maximum atomic E-state index is 10.4. The molecule has 0 saturated heterocycles. The summed E-state index contributed by atoms with van der Waals surface area (Å²) in [7, 11) is 0. The van der Waals surface area contributed by atoms with Gasteiger partial charge in [-0.05, 0) is 66.0 Å². The van der Waals surface area contributed by atoms with Crippen LogP contribution in [0.2, 0.25) is 0 Å². The summed E-state index contributed by atoms with van der Waals surface area (Å²) in [6.45, 7) is 14.3. The smallest absolute Gasteiger partial charge is 0.302 e. The van der Waals surface area contributed by atoms with E-state index >= 15 is 0 Å². The van der Waals surface area contributed by atoms with Gasteiger partial charge in [-0.3, -0.25) is 28.8 Å². The first-order valence-electron chi connectivity index (χ1n) is 15.1. The molecule has 0 aromatic heterocycles. The number of carbonyl (C=O) groups is 6. The van der Waals surface area contributed by atoms with Crippen LogP contribution in [0.4, 0.5) is 0 Å². The van der Waals surface area contributed by atoms with Gasteiger partial charge in [-0.25, -0.2) is 0 Å². The average Bonchev–Trinajstić information content (AvgIpc) is 3.10. The van der Waals surface area contributed by atoms with E-state index in [0.717, 1.165) is 0 Å². The predicted molar refractivity (Wildman–Crippen MR) is 210 cm³/mol. The maximum absolute atomic E-state index is 10.4. The van der Waals surface area contributed by atoms with Crippen LogP contribution in [0.25, 0.3) is 0 Å². The lowest BCUT2D eigenvalue weighted by molar-refractivity contribution is -0.149. The molecule has 51 heavy (non-hydrogen) atoms. The van der Waals surface area contributed by atoms with Gasteiger partial charge in [0.2, 0.25) is 5.24 Å². The van der Waals surface area contributed by atoms with E-state index < -0.39 is 15.7 Å². The fraction of sp³-hybridized carbons (Fsp3) is 0.333. The molecule has 3 rings (SSSR count). The SMILES string of the molecule is CC(=O)Cl.CC(=O)OCCOC(C)=O.CCN(CC)CC.ClCCl.O=C(Cl)c1ccccc1.O=C(Cl)c1ccccc1.O=C(Cl)c1ccccc1. The monoisotopic (exact) mass is 829 g/mol. The van der Waals surface area contributed by atoms with Gasteiger partial charge in [0, 0.05) is 37.5 Å². The van der Waals surface area contributed by atoms with Crippen molar-refractivity contribution in [1.29, 1.82) is 0 Å². The van der Waals surface area contributed by atoms with Crippen LogP contribution < -0.4 is 0 Å². The van der Waals surface area contributed by atoms with Crippen LogP contribution in [-0.4, -0.2) is 76.0 Å². The van der Waals surface area contributed by atoms with Crippen LogP contribution in [0.3, 0.4) is 0 Å². The van der Waals surface area contributed by atoms with E-state index in [1.54, 1.807) is 72.8 Å². The zero-order chi connectivity index (χ0) is 40.0. The molecule has 0 aliphatic carbocycles. The molecule has 9 nitrogen and oxygen atoms in total. The summed E-state index contributed by atoms with van der Waals surface area (Å²) in [5, 5.41) is -1.39. The Labute approximate surface area is 331 Å². The Morgan fingerprint density at radius 2 is 0.686 bits per heavy atom. The highest BCUT2D eigenvalue weighted by Gasteiger charge is 1.98. The molecule has 15 heteroatoms. The van der Waals surface area contributed by atoms with E-state index in [0.29, 0.717) is 16.7 Å². The lowest BCUT2D eigenvalue weighted by Gasteiger charge is -2.13. The van der Waals surface area contributed by atoms with Crippen LogP contribution in [0.15, 0.2) is 91.0 Å². The lowest BCUT2D eigenvalue weighted by Crippen LogP contribution is -2.21. The standard InChI is InChI=1S/3C7H5ClO.C6H15N.C6H10O4.C2H3ClO.CH2Cl2/c3*8-7(9)6-4-2-1-3-5-6;1-4-7(5-2)6-3;1-5(7)9-3-4-10-6(2)8;1-2(3)4;2-1-3/h3*1-5H;4-6H2,1-3H3;3-4H2,1-2H3;1H3;1H2. The molecule has 0 aliphatic rings. The van der Waals surface area contributed by atoms with Crippen LogP contribution in [0.5, 0.6) is 0 Å². The van der Waals surface area contributed by atoms with Crippen molar-refractivity contribution in [2.45, 2.75) is 41.5 Å². The van der Waals surface area contributed by atoms with Crippen molar-refractivity contribution in [2.75, 3.05) is 38.2 Å². The second-order valence-electron chi connectivity index (χ2n) is 8.79. The van der Waals surface area contributed by atoms with Gasteiger partial charge in [0.25, 0.3) is 15.7 Å². The molecule has 0 atom stereocenters. The fourth-order valence-electron chi connectivity index (χ4n) is 2.75. The number of carbonyl (C=O) groups excluding carboxylic acids is 6. The van der Waals surface area contributed by atoms with Gasteiger partial charge in [0.15, 0.2) is 0 Å². The number of hydrogen-bond donors (Lipinski definition) is 0. The summed E-state index contributed by atoms with van der Waals surface area (Å²) in [6, 6.07) is 26.2. The molecule has 3 aromatic carbocycles. The number of esters is 2. The number of rotatable bonds is 9. The van der Waals surface area contributed by atoms with Crippen LogP contribution in [-0.2, 0) is 23.9 Å². The summed E-state index contributed by atoms with van der Waals surface area (Å²) in [4.78, 5) is 63.1. The van der Waals surface area contributed by atoms with Crippen molar-refractivity contribution >= 4 is 103 Å². The Bertz CT molecular complexity index is 1190. The van der Waals surface area contributed by atoms with Crippen molar-refractivity contribution in [3.05, 3.63) is 108 Å². The Balaban J connectivity index is -0.000000259. The minimum Gasteiger partial charge on any atom is -0.462 e. The summed E-state index contributed by atoms with van der Waals surface area (Å²) < 4.78 is 8.95. The van der Waals surface area contributed by atoms with Crippen molar-refractivity contribution < 1.29 is 38.2 Å². The largest absolute Gasteiger partial charge is 0.462 e. The molecular weight excluding hydrogens is 787 g/mol. The number of nitrogens with zero attached hydrogens (tertiary/aromatic N) is 1. The third kappa shape index (κ3) is 45.0. The zero-order valence-electron chi connectivity index (χ0n) is 29.4. The Morgan fingerprint density at radius 1 is 0.490 bits per heavy atom. The number of benzene rings is 3. The second kappa shape index (κ2) is 39.8. The molecule has 0 spiro atoms. The van der Waals surface area contributed by atoms with Gasteiger partial charge in [-0.1, -0.05) is 112 Å². The summed E-state index contributed by atoms with van der Waals surface area (Å²) in [5.74, 6) is -0.737. The van der Waals surface area contributed by atoms with E-state index in [-0.39, 0.29) is 35.7 Å². The molecule has 0 aliphatic heterocycles. The molecule has 0 unspecified atom stereocenters. The molecule has 0 amide bonds. The Kier molecular flexibility index (Phi) is 42.7. The number of hydrogen-bond acceptors (Lipinski definition) is 9. The summed E-state index contributed by atoms with van der Waals surface area (Å²) in [5.41, 5.74) is 1.62. The first-order chi connectivity index (χ1) is 24.0. The quantitative estimate of drug-likeness (QED) is 0.0897. The summed E-state index contributed by atoms with van der Waals surface area (Å²) in [6.07, 6.45) is 0. The van der Waals surface area contributed by atoms with Gasteiger partial charge in [0.05, 0.1) is 5.34 Å². The topological polar surface area (TPSA) is 124 Å². The normalized spacial score (nSPS) is 8.73. The second-order valence-corrected chi connectivity index (χ2v) is 11.2. The van der Waals surface area contributed by atoms with Crippen molar-refractivity contribution in [1.82, 2.24) is 4.90 Å². The molecule has 0 heterocycles. The number of ether oxygens (including phenoxy) is 2. The molecular formula is C36H45Cl6NO8. The van der Waals surface area contributed by atoms with Crippen LogP contribution in [0.1, 0.15) is 72.6 Å². The van der Waals surface area contributed by atoms with Crippen LogP contribution in [0, 0.1) is 0 Å². The molecule has 3 aromatic rings. The third-order valence-electron chi connectivity index (χ3n) is 5.04. The van der Waals surface area contributed by atoms with Crippen molar-refractivity contribution in [2.24, 2.45) is 0 Å². The minimum atomic E-state index is -0.407. The first-order valence-corrected chi connectivity index (χ1v) is 17.6. The average molecular weight is 832 g/mol. The van der Waals surface area contributed by atoms with E-state index in [4.69, 9.17) is 58.0 Å². The van der Waals surface area contributed by atoms with E-state index in [1.165, 1.54) is 40.4 Å². The van der Waals surface area contributed by atoms with Gasteiger partial charge < -0.3 is 14.4 Å². The lowest BCUT2D eigenvalue weighted by atomic mass is 10.2. The Hall–Kier alpha value is -3.02. The maximum Gasteiger partial charge on any atom is 0.302 e. The predicted octanol–water partition coefficient (Wildman–Crippen LogP) is 9.85. The molecule has 0 saturated carbocycles. The van der Waals surface area contributed by atoms with E-state index in [9.17, 15) is 28.8 Å². The van der Waals surface area contributed by atoms with E-state index in [2.05, 4.69) is 46.7 Å². The van der Waals surface area contributed by atoms with Gasteiger partial charge in [-0.15, -0.1) is 23.2 Å². The molecule has 0 N–H and O–H groups in total. The Morgan fingerprint density at radius 3 is 0.784 bits per heavy atom. The minimum absolute atomic E-state index is 0.134.